The molecule has 0 bridgehead atoms. The van der Waals surface area contributed by atoms with Gasteiger partial charge >= 0.3 is 5.97 Å². The van der Waals surface area contributed by atoms with Crippen molar-refractivity contribution in [1.82, 2.24) is 0 Å². The van der Waals surface area contributed by atoms with Crippen LogP contribution in [0.2, 0.25) is 0 Å². The molecule has 0 heterocycles. The Morgan fingerprint density at radius 3 is 2.53 bits per heavy atom. The molecular formula is C11H9NO5. The van der Waals surface area contributed by atoms with Gasteiger partial charge in [-0.05, 0) is 30.2 Å². The average Bonchev–Trinajstić information content (AvgIpc) is 2.26. The molecule has 0 aliphatic rings. The highest BCUT2D eigenvalue weighted by Crippen LogP contribution is 2.22. The van der Waals surface area contributed by atoms with Crippen molar-refractivity contribution in [3.63, 3.8) is 0 Å². The Kier molecular flexibility index (Phi) is 3.71. The highest BCUT2D eigenvalue weighted by molar-refractivity contribution is 5.88. The van der Waals surface area contributed by atoms with Crippen LogP contribution in [0.15, 0.2) is 18.2 Å². The van der Waals surface area contributed by atoms with E-state index in [2.05, 4.69) is 0 Å². The zero-order chi connectivity index (χ0) is 13.0. The van der Waals surface area contributed by atoms with E-state index in [1.165, 1.54) is 18.2 Å². The summed E-state index contributed by atoms with van der Waals surface area (Å²) in [5.41, 5.74) is 0.621. The Bertz CT molecular complexity index is 519. The topological polar surface area (TPSA) is 97.5 Å². The molecular weight excluding hydrogens is 226 g/mol. The number of nitro groups is 1. The van der Waals surface area contributed by atoms with Crippen LogP contribution in [0.3, 0.4) is 0 Å². The Morgan fingerprint density at radius 1 is 1.41 bits per heavy atom. The number of carbonyl (C=O) groups excluding carboxylic acids is 1. The smallest absolute Gasteiger partial charge is 0.328 e. The zero-order valence-corrected chi connectivity index (χ0v) is 8.91. The SMILES string of the molecule is Cc1cc([N+](=O)[O-])c(C=O)cc1/C=C/C(=O)O. The molecule has 6 nitrogen and oxygen atoms in total. The number of aldehydes is 1. The number of rotatable bonds is 4. The summed E-state index contributed by atoms with van der Waals surface area (Å²) in [5.74, 6) is -1.13. The van der Waals surface area contributed by atoms with Crippen molar-refractivity contribution in [2.24, 2.45) is 0 Å². The molecule has 0 fully saturated rings. The van der Waals surface area contributed by atoms with Gasteiger partial charge in [-0.2, -0.15) is 0 Å². The number of nitro benzene ring substituents is 1. The van der Waals surface area contributed by atoms with Crippen molar-refractivity contribution in [3.05, 3.63) is 45.0 Å². The number of hydrogen-bond acceptors (Lipinski definition) is 4. The standard InChI is InChI=1S/C11H9NO5/c1-7-4-10(12(16)17)9(6-13)5-8(7)2-3-11(14)15/h2-6H,1H3,(H,14,15)/b3-2+. The van der Waals surface area contributed by atoms with E-state index < -0.39 is 10.9 Å². The molecule has 0 saturated carbocycles. The molecule has 88 valence electrons. The summed E-state index contributed by atoms with van der Waals surface area (Å²) in [5, 5.41) is 19.1. The lowest BCUT2D eigenvalue weighted by Crippen LogP contribution is -1.97. The van der Waals surface area contributed by atoms with Gasteiger partial charge in [-0.15, -0.1) is 0 Å². The molecule has 1 N–H and O–H groups in total. The minimum atomic E-state index is -1.13. The largest absolute Gasteiger partial charge is 0.478 e. The van der Waals surface area contributed by atoms with Crippen LogP contribution in [0.5, 0.6) is 0 Å². The van der Waals surface area contributed by atoms with Crippen LogP contribution in [0.1, 0.15) is 21.5 Å². The predicted molar refractivity (Wildman–Crippen MR) is 59.9 cm³/mol. The van der Waals surface area contributed by atoms with Crippen LogP contribution < -0.4 is 0 Å². The summed E-state index contributed by atoms with van der Waals surface area (Å²) in [6, 6.07) is 2.53. The van der Waals surface area contributed by atoms with E-state index >= 15 is 0 Å². The van der Waals surface area contributed by atoms with Gasteiger partial charge in [0.25, 0.3) is 5.69 Å². The van der Waals surface area contributed by atoms with E-state index in [1.54, 1.807) is 6.92 Å². The second-order valence-corrected chi connectivity index (χ2v) is 3.31. The normalized spacial score (nSPS) is 10.4. The van der Waals surface area contributed by atoms with Crippen LogP contribution >= 0.6 is 0 Å². The first-order valence-electron chi connectivity index (χ1n) is 4.61. The number of aliphatic carboxylic acids is 1. The minimum absolute atomic E-state index is 0.0781. The first-order valence-corrected chi connectivity index (χ1v) is 4.61. The highest BCUT2D eigenvalue weighted by atomic mass is 16.6. The van der Waals surface area contributed by atoms with Crippen LogP contribution in [-0.2, 0) is 4.79 Å². The molecule has 0 unspecified atom stereocenters. The highest BCUT2D eigenvalue weighted by Gasteiger charge is 2.15. The maximum atomic E-state index is 10.7. The van der Waals surface area contributed by atoms with E-state index in [0.29, 0.717) is 17.4 Å². The van der Waals surface area contributed by atoms with Gasteiger partial charge < -0.3 is 5.11 Å². The van der Waals surface area contributed by atoms with Gasteiger partial charge in [0, 0.05) is 12.1 Å². The maximum Gasteiger partial charge on any atom is 0.328 e. The second kappa shape index (κ2) is 5.02. The number of carbonyl (C=O) groups is 2. The summed E-state index contributed by atoms with van der Waals surface area (Å²) in [6.45, 7) is 1.60. The van der Waals surface area contributed by atoms with E-state index in [9.17, 15) is 19.7 Å². The first kappa shape index (κ1) is 12.6. The van der Waals surface area contributed by atoms with Crippen LogP contribution in [-0.4, -0.2) is 22.3 Å². The molecule has 0 aliphatic carbocycles. The average molecular weight is 235 g/mol. The van der Waals surface area contributed by atoms with Gasteiger partial charge in [0.1, 0.15) is 0 Å². The molecule has 0 aliphatic heterocycles. The van der Waals surface area contributed by atoms with Crippen molar-refractivity contribution in [2.45, 2.75) is 6.92 Å². The molecule has 6 heteroatoms. The van der Waals surface area contributed by atoms with Crippen LogP contribution in [0.4, 0.5) is 5.69 Å². The van der Waals surface area contributed by atoms with E-state index in [1.807, 2.05) is 0 Å². The van der Waals surface area contributed by atoms with Crippen molar-refractivity contribution in [2.75, 3.05) is 0 Å². The molecule has 0 saturated heterocycles. The molecule has 1 aromatic rings. The fourth-order valence-corrected chi connectivity index (χ4v) is 1.32. The molecule has 17 heavy (non-hydrogen) atoms. The third-order valence-corrected chi connectivity index (χ3v) is 2.14. The van der Waals surface area contributed by atoms with E-state index in [4.69, 9.17) is 5.11 Å². The summed E-state index contributed by atoms with van der Waals surface area (Å²) in [6.07, 6.45) is 2.56. The number of hydrogen-bond donors (Lipinski definition) is 1. The summed E-state index contributed by atoms with van der Waals surface area (Å²) in [4.78, 5) is 31.0. The molecule has 0 amide bonds. The third-order valence-electron chi connectivity index (χ3n) is 2.14. The number of carboxylic acid groups (broad SMARTS) is 1. The predicted octanol–water partition coefficient (Wildman–Crippen LogP) is 1.81. The van der Waals surface area contributed by atoms with Crippen molar-refractivity contribution < 1.29 is 19.6 Å². The number of nitrogens with zero attached hydrogens (tertiary/aromatic N) is 1. The lowest BCUT2D eigenvalue weighted by atomic mass is 10.0. The monoisotopic (exact) mass is 235 g/mol. The van der Waals surface area contributed by atoms with Gasteiger partial charge in [-0.25, -0.2) is 4.79 Å². The van der Waals surface area contributed by atoms with Gasteiger partial charge in [0.2, 0.25) is 0 Å². The zero-order valence-electron chi connectivity index (χ0n) is 8.91. The van der Waals surface area contributed by atoms with Gasteiger partial charge in [-0.1, -0.05) is 0 Å². The molecule has 0 radical (unpaired) electrons. The fraction of sp³-hybridized carbons (Fsp3) is 0.0909. The van der Waals surface area contributed by atoms with Gasteiger partial charge in [0.05, 0.1) is 10.5 Å². The lowest BCUT2D eigenvalue weighted by Gasteiger charge is -2.02. The Balaban J connectivity index is 3.32. The van der Waals surface area contributed by atoms with E-state index in [0.717, 1.165) is 6.08 Å². The summed E-state index contributed by atoms with van der Waals surface area (Å²) >= 11 is 0. The van der Waals surface area contributed by atoms with Crippen LogP contribution in [0.25, 0.3) is 6.08 Å². The molecule has 1 rings (SSSR count). The first-order chi connectivity index (χ1) is 7.95. The molecule has 0 aromatic heterocycles. The van der Waals surface area contributed by atoms with Crippen molar-refractivity contribution >= 4 is 24.0 Å². The third kappa shape index (κ3) is 2.97. The molecule has 0 spiro atoms. The number of carboxylic acids is 1. The Labute approximate surface area is 96.3 Å². The molecule has 1 aromatic carbocycles. The fourth-order valence-electron chi connectivity index (χ4n) is 1.32. The summed E-state index contributed by atoms with van der Waals surface area (Å²) in [7, 11) is 0. The van der Waals surface area contributed by atoms with Crippen molar-refractivity contribution in [1.29, 1.82) is 0 Å². The number of aryl methyl sites for hydroxylation is 1. The van der Waals surface area contributed by atoms with Crippen molar-refractivity contribution in [3.8, 4) is 0 Å². The minimum Gasteiger partial charge on any atom is -0.478 e. The second-order valence-electron chi connectivity index (χ2n) is 3.31. The van der Waals surface area contributed by atoms with E-state index in [-0.39, 0.29) is 11.3 Å². The Hall–Kier alpha value is -2.50. The Morgan fingerprint density at radius 2 is 2.06 bits per heavy atom. The quantitative estimate of drug-likeness (QED) is 0.371. The maximum absolute atomic E-state index is 10.7. The molecule has 0 atom stereocenters. The van der Waals surface area contributed by atoms with Crippen LogP contribution in [0, 0.1) is 17.0 Å². The number of benzene rings is 1. The lowest BCUT2D eigenvalue weighted by molar-refractivity contribution is -0.385. The van der Waals surface area contributed by atoms with Gasteiger partial charge in [0.15, 0.2) is 6.29 Å². The van der Waals surface area contributed by atoms with Gasteiger partial charge in [-0.3, -0.25) is 14.9 Å². The summed E-state index contributed by atoms with van der Waals surface area (Å²) < 4.78 is 0.